The van der Waals surface area contributed by atoms with Gasteiger partial charge in [0.15, 0.2) is 0 Å². The summed E-state index contributed by atoms with van der Waals surface area (Å²) in [6.45, 7) is 0.584. The number of amides is 1. The minimum Gasteiger partial charge on any atom is -0.399 e. The van der Waals surface area contributed by atoms with Gasteiger partial charge in [-0.25, -0.2) is 0 Å². The molecule has 3 nitrogen and oxygen atoms in total. The van der Waals surface area contributed by atoms with Gasteiger partial charge in [0.2, 0.25) is 0 Å². The predicted molar refractivity (Wildman–Crippen MR) is 76.2 cm³/mol. The molecule has 2 aromatic rings. The second kappa shape index (κ2) is 5.89. The van der Waals surface area contributed by atoms with Crippen LogP contribution in [0.3, 0.4) is 0 Å². The van der Waals surface area contributed by atoms with Crippen LogP contribution >= 0.6 is 22.9 Å². The second-order valence-corrected chi connectivity index (χ2v) is 5.06. The highest BCUT2D eigenvalue weighted by atomic mass is 35.5. The van der Waals surface area contributed by atoms with Gasteiger partial charge in [-0.05, 0) is 47.0 Å². The summed E-state index contributed by atoms with van der Waals surface area (Å²) in [4.78, 5) is 11.9. The first-order chi connectivity index (χ1) is 8.66. The molecule has 0 radical (unpaired) electrons. The van der Waals surface area contributed by atoms with Gasteiger partial charge >= 0.3 is 0 Å². The van der Waals surface area contributed by atoms with E-state index in [2.05, 4.69) is 10.7 Å². The highest BCUT2D eigenvalue weighted by Crippen LogP contribution is 2.18. The van der Waals surface area contributed by atoms with Crippen LogP contribution in [0.1, 0.15) is 15.9 Å². The summed E-state index contributed by atoms with van der Waals surface area (Å²) in [7, 11) is 0. The minimum absolute atomic E-state index is 0.192. The number of carbonyl (C=O) groups is 1. The lowest BCUT2D eigenvalue weighted by Crippen LogP contribution is -2.26. The summed E-state index contributed by atoms with van der Waals surface area (Å²) in [5.74, 6) is -0.192. The van der Waals surface area contributed by atoms with E-state index < -0.39 is 0 Å². The number of thiophene rings is 1. The van der Waals surface area contributed by atoms with Crippen molar-refractivity contribution in [2.24, 2.45) is 0 Å². The Kier molecular flexibility index (Phi) is 4.23. The van der Waals surface area contributed by atoms with E-state index in [0.29, 0.717) is 22.8 Å². The Balaban J connectivity index is 1.93. The van der Waals surface area contributed by atoms with Crippen molar-refractivity contribution in [3.8, 4) is 0 Å². The van der Waals surface area contributed by atoms with Crippen LogP contribution in [0.15, 0.2) is 35.0 Å². The van der Waals surface area contributed by atoms with E-state index in [4.69, 9.17) is 17.3 Å². The Morgan fingerprint density at radius 1 is 1.39 bits per heavy atom. The summed E-state index contributed by atoms with van der Waals surface area (Å²) in [5, 5.41) is 7.33. The maximum Gasteiger partial charge on any atom is 0.252 e. The van der Waals surface area contributed by atoms with Crippen LogP contribution in [0.5, 0.6) is 0 Å². The van der Waals surface area contributed by atoms with Crippen molar-refractivity contribution in [1.82, 2.24) is 5.32 Å². The normalized spacial score (nSPS) is 10.3. The Morgan fingerprint density at radius 3 is 2.94 bits per heavy atom. The van der Waals surface area contributed by atoms with Crippen LogP contribution in [-0.2, 0) is 6.42 Å². The van der Waals surface area contributed by atoms with Crippen molar-refractivity contribution in [2.75, 3.05) is 12.3 Å². The van der Waals surface area contributed by atoms with Crippen LogP contribution in [0, 0.1) is 0 Å². The highest BCUT2D eigenvalue weighted by Gasteiger charge is 2.09. The van der Waals surface area contributed by atoms with Crippen molar-refractivity contribution in [1.29, 1.82) is 0 Å². The van der Waals surface area contributed by atoms with E-state index in [9.17, 15) is 4.79 Å². The van der Waals surface area contributed by atoms with Crippen molar-refractivity contribution in [2.45, 2.75) is 6.42 Å². The number of halogens is 1. The monoisotopic (exact) mass is 280 g/mol. The van der Waals surface area contributed by atoms with Gasteiger partial charge in [0.25, 0.3) is 5.91 Å². The zero-order chi connectivity index (χ0) is 13.0. The molecule has 1 amide bonds. The fourth-order valence-corrected chi connectivity index (χ4v) is 2.47. The minimum atomic E-state index is -0.192. The van der Waals surface area contributed by atoms with E-state index in [0.717, 1.165) is 6.42 Å². The molecule has 0 atom stereocenters. The summed E-state index contributed by atoms with van der Waals surface area (Å²) in [5.41, 5.74) is 7.80. The number of nitrogens with one attached hydrogen (secondary N) is 1. The number of hydrogen-bond donors (Lipinski definition) is 2. The van der Waals surface area contributed by atoms with Crippen molar-refractivity contribution >= 4 is 34.5 Å². The molecule has 0 fully saturated rings. The summed E-state index contributed by atoms with van der Waals surface area (Å²) in [6.07, 6.45) is 0.815. The number of carbonyl (C=O) groups excluding carboxylic acids is 1. The SMILES string of the molecule is Nc1ccc(Cl)c(C(=O)NCCc2ccsc2)c1. The summed E-state index contributed by atoms with van der Waals surface area (Å²) < 4.78 is 0. The fraction of sp³-hybridized carbons (Fsp3) is 0.154. The van der Waals surface area contributed by atoms with Crippen LogP contribution in [-0.4, -0.2) is 12.5 Å². The Bertz CT molecular complexity index is 540. The van der Waals surface area contributed by atoms with Gasteiger partial charge in [-0.2, -0.15) is 11.3 Å². The first-order valence-electron chi connectivity index (χ1n) is 5.51. The molecule has 0 saturated heterocycles. The van der Waals surface area contributed by atoms with Gasteiger partial charge in [-0.1, -0.05) is 11.6 Å². The predicted octanol–water partition coefficient (Wildman–Crippen LogP) is 2.96. The third-order valence-electron chi connectivity index (χ3n) is 2.51. The van der Waals surface area contributed by atoms with Gasteiger partial charge in [0.1, 0.15) is 0 Å². The Labute approximate surface area is 115 Å². The topological polar surface area (TPSA) is 55.1 Å². The van der Waals surface area contributed by atoms with Crippen LogP contribution in [0.4, 0.5) is 5.69 Å². The highest BCUT2D eigenvalue weighted by molar-refractivity contribution is 7.07. The maximum absolute atomic E-state index is 11.9. The molecule has 0 aliphatic carbocycles. The molecule has 0 bridgehead atoms. The quantitative estimate of drug-likeness (QED) is 0.846. The van der Waals surface area contributed by atoms with Crippen LogP contribution in [0.25, 0.3) is 0 Å². The van der Waals surface area contributed by atoms with Crippen molar-refractivity contribution in [3.63, 3.8) is 0 Å². The molecule has 0 unspecified atom stereocenters. The smallest absolute Gasteiger partial charge is 0.252 e. The first kappa shape index (κ1) is 12.9. The van der Waals surface area contributed by atoms with Crippen molar-refractivity contribution in [3.05, 3.63) is 51.2 Å². The summed E-state index contributed by atoms with van der Waals surface area (Å²) in [6, 6.07) is 6.93. The van der Waals surface area contributed by atoms with E-state index >= 15 is 0 Å². The number of anilines is 1. The van der Waals surface area contributed by atoms with E-state index in [-0.39, 0.29) is 5.91 Å². The molecular weight excluding hydrogens is 268 g/mol. The lowest BCUT2D eigenvalue weighted by molar-refractivity contribution is 0.0954. The number of rotatable bonds is 4. The zero-order valence-corrected chi connectivity index (χ0v) is 11.2. The molecule has 18 heavy (non-hydrogen) atoms. The number of benzene rings is 1. The molecule has 0 aliphatic rings. The Morgan fingerprint density at radius 2 is 2.22 bits per heavy atom. The van der Waals surface area contributed by atoms with Crippen LogP contribution in [0.2, 0.25) is 5.02 Å². The third-order valence-corrected chi connectivity index (χ3v) is 3.58. The standard InChI is InChI=1S/C13H13ClN2OS/c14-12-2-1-10(15)7-11(12)13(17)16-5-3-9-4-6-18-8-9/h1-2,4,6-8H,3,5,15H2,(H,16,17). The molecule has 0 saturated carbocycles. The lowest BCUT2D eigenvalue weighted by Gasteiger charge is -2.07. The molecule has 2 rings (SSSR count). The molecule has 1 heterocycles. The molecule has 3 N–H and O–H groups in total. The van der Waals surface area contributed by atoms with Gasteiger partial charge in [0, 0.05) is 12.2 Å². The fourth-order valence-electron chi connectivity index (χ4n) is 1.57. The molecule has 0 spiro atoms. The summed E-state index contributed by atoms with van der Waals surface area (Å²) >= 11 is 7.60. The van der Waals surface area contributed by atoms with Gasteiger partial charge < -0.3 is 11.1 Å². The maximum atomic E-state index is 11.9. The molecule has 94 valence electrons. The van der Waals surface area contributed by atoms with E-state index in [1.54, 1.807) is 29.5 Å². The van der Waals surface area contributed by atoms with Gasteiger partial charge in [-0.15, -0.1) is 0 Å². The first-order valence-corrected chi connectivity index (χ1v) is 6.83. The number of nitrogens with two attached hydrogens (primary N) is 1. The Hall–Kier alpha value is -1.52. The largest absolute Gasteiger partial charge is 0.399 e. The molecule has 1 aromatic heterocycles. The van der Waals surface area contributed by atoms with Crippen molar-refractivity contribution < 1.29 is 4.79 Å². The molecule has 0 aliphatic heterocycles. The van der Waals surface area contributed by atoms with Gasteiger partial charge in [0.05, 0.1) is 10.6 Å². The average molecular weight is 281 g/mol. The average Bonchev–Trinajstić information content (AvgIpc) is 2.85. The van der Waals surface area contributed by atoms with E-state index in [1.165, 1.54) is 5.56 Å². The molecule has 5 heteroatoms. The number of nitrogen functional groups attached to an aromatic ring is 1. The number of hydrogen-bond acceptors (Lipinski definition) is 3. The van der Waals surface area contributed by atoms with Crippen LogP contribution < -0.4 is 11.1 Å². The van der Waals surface area contributed by atoms with E-state index in [1.807, 2.05) is 11.4 Å². The zero-order valence-electron chi connectivity index (χ0n) is 9.65. The molecule has 1 aromatic carbocycles. The third kappa shape index (κ3) is 3.24. The lowest BCUT2D eigenvalue weighted by atomic mass is 10.2. The second-order valence-electron chi connectivity index (χ2n) is 3.88. The molecular formula is C13H13ClN2OS. The van der Waals surface area contributed by atoms with Gasteiger partial charge in [-0.3, -0.25) is 4.79 Å².